The molecule has 0 spiro atoms. The lowest BCUT2D eigenvalue weighted by Gasteiger charge is -2.62. The van der Waals surface area contributed by atoms with E-state index < -0.39 is 70.1 Å². The van der Waals surface area contributed by atoms with Gasteiger partial charge >= 0.3 is 5.97 Å². The fourth-order valence-electron chi connectivity index (χ4n) is 7.78. The van der Waals surface area contributed by atoms with Crippen molar-refractivity contribution in [2.24, 2.45) is 28.6 Å². The van der Waals surface area contributed by atoms with Gasteiger partial charge in [-0.1, -0.05) is 26.8 Å². The Morgan fingerprint density at radius 1 is 1.24 bits per heavy atom. The third kappa shape index (κ3) is 2.87. The van der Waals surface area contributed by atoms with Crippen molar-refractivity contribution in [3.05, 3.63) is 23.8 Å². The van der Waals surface area contributed by atoms with Crippen LogP contribution in [0.5, 0.6) is 0 Å². The molecule has 0 aromatic heterocycles. The Bertz CT molecular complexity index is 1020. The summed E-state index contributed by atoms with van der Waals surface area (Å²) in [5, 5.41) is 21.3. The minimum atomic E-state index is -2.26. The zero-order chi connectivity index (χ0) is 25.3. The molecule has 8 atom stereocenters. The second kappa shape index (κ2) is 7.92. The molecule has 3 fully saturated rings. The number of alkyl halides is 1. The Kier molecular flexibility index (Phi) is 5.80. The van der Waals surface area contributed by atoms with E-state index in [9.17, 15) is 29.4 Å². The molecular formula is C26H33FO7. The van der Waals surface area contributed by atoms with Crippen LogP contribution in [0.3, 0.4) is 0 Å². The predicted octanol–water partition coefficient (Wildman–Crippen LogP) is 2.43. The number of halogens is 1. The number of ether oxygens (including phenoxy) is 1. The van der Waals surface area contributed by atoms with Crippen molar-refractivity contribution in [3.8, 4) is 0 Å². The van der Waals surface area contributed by atoms with E-state index in [-0.39, 0.29) is 37.0 Å². The second-order valence-corrected chi connectivity index (χ2v) is 10.9. The van der Waals surface area contributed by atoms with Crippen molar-refractivity contribution >= 4 is 23.3 Å². The van der Waals surface area contributed by atoms with E-state index in [0.717, 1.165) is 6.08 Å². The molecule has 34 heavy (non-hydrogen) atoms. The molecule has 0 amide bonds. The molecule has 0 aliphatic heterocycles. The van der Waals surface area contributed by atoms with Crippen molar-refractivity contribution in [1.82, 2.24) is 0 Å². The van der Waals surface area contributed by atoms with Gasteiger partial charge in [0.25, 0.3) is 0 Å². The van der Waals surface area contributed by atoms with Gasteiger partial charge in [0.1, 0.15) is 6.61 Å². The maximum atomic E-state index is 17.2. The fourth-order valence-corrected chi connectivity index (χ4v) is 7.78. The highest BCUT2D eigenvalue weighted by Gasteiger charge is 2.77. The van der Waals surface area contributed by atoms with E-state index in [1.165, 1.54) is 19.1 Å². The summed E-state index contributed by atoms with van der Waals surface area (Å²) in [5.41, 5.74) is -6.64. The summed E-state index contributed by atoms with van der Waals surface area (Å²) in [6, 6.07) is 0. The number of ketones is 3. The summed E-state index contributed by atoms with van der Waals surface area (Å²) in [5.74, 6) is -4.12. The minimum absolute atomic E-state index is 0.0551. The Hall–Kier alpha value is -2.19. The molecule has 4 rings (SSSR count). The SMILES string of the molecule is CCCC(=O)O[C@]1(C(=O)CO)C(C)C[C@H]2[C@@H]3CC(=O)C4=CC(=O)C=C[C@]4(C)[C@@]3(F)C(O)C[C@@]21C. The summed E-state index contributed by atoms with van der Waals surface area (Å²) in [4.78, 5) is 51.0. The smallest absolute Gasteiger partial charge is 0.306 e. The fraction of sp³-hybridized carbons (Fsp3) is 0.692. The van der Waals surface area contributed by atoms with Crippen LogP contribution in [0.4, 0.5) is 4.39 Å². The Morgan fingerprint density at radius 3 is 2.53 bits per heavy atom. The summed E-state index contributed by atoms with van der Waals surface area (Å²) >= 11 is 0. The van der Waals surface area contributed by atoms with Gasteiger partial charge in [-0.25, -0.2) is 4.39 Å². The molecule has 0 saturated heterocycles. The van der Waals surface area contributed by atoms with Gasteiger partial charge in [-0.15, -0.1) is 0 Å². The second-order valence-electron chi connectivity index (χ2n) is 10.9. The van der Waals surface area contributed by atoms with Crippen molar-refractivity contribution in [2.75, 3.05) is 6.61 Å². The molecule has 2 unspecified atom stereocenters. The number of aliphatic hydroxyl groups excluding tert-OH is 2. The van der Waals surface area contributed by atoms with Crippen LogP contribution < -0.4 is 0 Å². The molecule has 0 aromatic rings. The summed E-state index contributed by atoms with van der Waals surface area (Å²) < 4.78 is 23.1. The van der Waals surface area contributed by atoms with E-state index in [2.05, 4.69) is 0 Å². The summed E-state index contributed by atoms with van der Waals surface area (Å²) in [6.07, 6.45) is 2.61. The van der Waals surface area contributed by atoms with E-state index in [1.807, 2.05) is 0 Å². The van der Waals surface area contributed by atoms with Crippen LogP contribution in [0.25, 0.3) is 0 Å². The molecule has 0 heterocycles. The third-order valence-electron chi connectivity index (χ3n) is 9.31. The third-order valence-corrected chi connectivity index (χ3v) is 9.31. The first-order chi connectivity index (χ1) is 15.8. The number of esters is 1. The Balaban J connectivity index is 1.87. The molecule has 0 aromatic carbocycles. The lowest BCUT2D eigenvalue weighted by atomic mass is 9.44. The number of rotatable bonds is 5. The van der Waals surface area contributed by atoms with Gasteiger partial charge in [-0.2, -0.15) is 0 Å². The number of carbonyl (C=O) groups is 4. The van der Waals surface area contributed by atoms with Crippen LogP contribution in [0.15, 0.2) is 23.8 Å². The van der Waals surface area contributed by atoms with Crippen LogP contribution >= 0.6 is 0 Å². The molecule has 0 radical (unpaired) electrons. The van der Waals surface area contributed by atoms with Gasteiger partial charge in [0, 0.05) is 35.7 Å². The maximum absolute atomic E-state index is 17.2. The van der Waals surface area contributed by atoms with Crippen LogP contribution in [0.1, 0.15) is 59.8 Å². The van der Waals surface area contributed by atoms with Crippen LogP contribution in [0, 0.1) is 28.6 Å². The largest absolute Gasteiger partial charge is 0.450 e. The van der Waals surface area contributed by atoms with Gasteiger partial charge in [-0.3, -0.25) is 19.2 Å². The highest BCUT2D eigenvalue weighted by atomic mass is 19.1. The summed E-state index contributed by atoms with van der Waals surface area (Å²) in [6.45, 7) is 5.91. The van der Waals surface area contributed by atoms with Crippen molar-refractivity contribution in [3.63, 3.8) is 0 Å². The van der Waals surface area contributed by atoms with E-state index >= 15 is 4.39 Å². The average molecular weight is 477 g/mol. The van der Waals surface area contributed by atoms with Gasteiger partial charge in [0.15, 0.2) is 22.8 Å². The number of hydrogen-bond donors (Lipinski definition) is 2. The van der Waals surface area contributed by atoms with Crippen LogP contribution in [-0.2, 0) is 23.9 Å². The highest BCUT2D eigenvalue weighted by molar-refractivity contribution is 6.10. The first kappa shape index (κ1) is 24.9. The highest BCUT2D eigenvalue weighted by Crippen LogP contribution is 2.71. The van der Waals surface area contributed by atoms with E-state index in [4.69, 9.17) is 4.74 Å². The quantitative estimate of drug-likeness (QED) is 0.585. The first-order valence-corrected chi connectivity index (χ1v) is 12.0. The number of Topliss-reactive ketones (excluding diaryl/α,β-unsaturated/α-hetero) is 2. The number of aliphatic hydroxyl groups is 2. The van der Waals surface area contributed by atoms with Crippen LogP contribution in [-0.4, -0.2) is 57.5 Å². The number of fused-ring (bicyclic) bond motifs is 5. The normalized spacial score (nSPS) is 45.2. The van der Waals surface area contributed by atoms with Crippen molar-refractivity contribution < 1.29 is 38.5 Å². The Labute approximate surface area is 198 Å². The average Bonchev–Trinajstić information content (AvgIpc) is 2.99. The predicted molar refractivity (Wildman–Crippen MR) is 119 cm³/mol. The van der Waals surface area contributed by atoms with Gasteiger partial charge in [-0.05, 0) is 44.3 Å². The number of hydrogen-bond acceptors (Lipinski definition) is 7. The van der Waals surface area contributed by atoms with Gasteiger partial charge in [0.2, 0.25) is 5.78 Å². The minimum Gasteiger partial charge on any atom is -0.450 e. The molecule has 186 valence electrons. The van der Waals surface area contributed by atoms with Crippen molar-refractivity contribution in [1.29, 1.82) is 0 Å². The standard InChI is InChI=1S/C26H33FO7/c1-5-6-22(33)34-26(21(32)13-28)14(2)9-16-17-11-19(30)18-10-15(29)7-8-23(18,3)25(17,27)20(31)12-24(16,26)4/h7-8,10,14,16-17,20,28,31H,5-6,9,11-13H2,1-4H3/t14?,16-,17-,20?,23-,24-,25-,26-/m0/s1. The topological polar surface area (TPSA) is 118 Å². The van der Waals surface area contributed by atoms with E-state index in [1.54, 1.807) is 20.8 Å². The van der Waals surface area contributed by atoms with Crippen LogP contribution in [0.2, 0.25) is 0 Å². The lowest BCUT2D eigenvalue weighted by Crippen LogP contribution is -2.71. The molecular weight excluding hydrogens is 443 g/mol. The molecule has 7 nitrogen and oxygen atoms in total. The monoisotopic (exact) mass is 476 g/mol. The molecule has 2 N–H and O–H groups in total. The molecule has 4 aliphatic rings. The number of allylic oxidation sites excluding steroid dienone is 4. The van der Waals surface area contributed by atoms with Gasteiger partial charge < -0.3 is 14.9 Å². The molecule has 8 heteroatoms. The number of carbonyl (C=O) groups excluding carboxylic acids is 4. The molecule has 4 aliphatic carbocycles. The molecule has 3 saturated carbocycles. The zero-order valence-corrected chi connectivity index (χ0v) is 20.1. The van der Waals surface area contributed by atoms with Crippen molar-refractivity contribution in [2.45, 2.75) is 77.2 Å². The lowest BCUT2D eigenvalue weighted by molar-refractivity contribution is -0.227. The Morgan fingerprint density at radius 2 is 1.91 bits per heavy atom. The first-order valence-electron chi connectivity index (χ1n) is 12.0. The van der Waals surface area contributed by atoms with E-state index in [0.29, 0.717) is 6.42 Å². The molecule has 0 bridgehead atoms. The maximum Gasteiger partial charge on any atom is 0.306 e. The van der Waals surface area contributed by atoms with Gasteiger partial charge in [0.05, 0.1) is 11.5 Å². The zero-order valence-electron chi connectivity index (χ0n) is 20.1. The summed E-state index contributed by atoms with van der Waals surface area (Å²) in [7, 11) is 0.